The monoisotopic (exact) mass is 183 g/mol. The van der Waals surface area contributed by atoms with E-state index >= 15 is 0 Å². The van der Waals surface area contributed by atoms with Crippen molar-refractivity contribution in [2.75, 3.05) is 27.2 Å². The van der Waals surface area contributed by atoms with Crippen LogP contribution in [0.3, 0.4) is 0 Å². The van der Waals surface area contributed by atoms with Gasteiger partial charge in [-0.2, -0.15) is 0 Å². The molecular formula is C10H17NO2. The second-order valence-electron chi connectivity index (χ2n) is 2.80. The third-order valence-electron chi connectivity index (χ3n) is 1.24. The number of carbonyl (C=O) groups is 1. The van der Waals surface area contributed by atoms with Gasteiger partial charge in [-0.3, -0.25) is 0 Å². The van der Waals surface area contributed by atoms with Gasteiger partial charge in [-0.25, -0.2) is 4.79 Å². The van der Waals surface area contributed by atoms with E-state index in [1.54, 1.807) is 13.0 Å². The summed E-state index contributed by atoms with van der Waals surface area (Å²) < 4.78 is 4.70. The molecule has 0 aromatic heterocycles. The van der Waals surface area contributed by atoms with E-state index in [1.807, 2.05) is 31.1 Å². The van der Waals surface area contributed by atoms with Crippen LogP contribution in [0.15, 0.2) is 24.3 Å². The summed E-state index contributed by atoms with van der Waals surface area (Å²) in [5, 5.41) is 0. The zero-order valence-corrected chi connectivity index (χ0v) is 8.49. The Morgan fingerprint density at radius 2 is 2.08 bits per heavy atom. The van der Waals surface area contributed by atoms with Crippen LogP contribution in [0.25, 0.3) is 0 Å². The normalized spacial score (nSPS) is 11.7. The maximum Gasteiger partial charge on any atom is 0.330 e. The largest absolute Gasteiger partial charge is 0.463 e. The Morgan fingerprint density at radius 1 is 1.38 bits per heavy atom. The van der Waals surface area contributed by atoms with Gasteiger partial charge in [0.15, 0.2) is 0 Å². The van der Waals surface area contributed by atoms with Crippen molar-refractivity contribution in [3.05, 3.63) is 24.3 Å². The molecule has 3 heteroatoms. The number of rotatable bonds is 5. The highest BCUT2D eigenvalue weighted by Gasteiger charge is 1.89. The maximum atomic E-state index is 10.8. The first kappa shape index (κ1) is 11.9. The molecule has 3 nitrogen and oxygen atoms in total. The van der Waals surface area contributed by atoms with Crippen LogP contribution in [-0.4, -0.2) is 38.1 Å². The topological polar surface area (TPSA) is 29.5 Å². The molecule has 0 aliphatic carbocycles. The van der Waals surface area contributed by atoms with E-state index < -0.39 is 0 Å². The quantitative estimate of drug-likeness (QED) is 0.364. The lowest BCUT2D eigenvalue weighted by Crippen LogP contribution is -2.10. The number of nitrogens with zero attached hydrogens (tertiary/aromatic N) is 1. The number of hydrogen-bond acceptors (Lipinski definition) is 3. The molecule has 0 aromatic rings. The van der Waals surface area contributed by atoms with Gasteiger partial charge in [0.1, 0.15) is 0 Å². The van der Waals surface area contributed by atoms with Gasteiger partial charge in [0.2, 0.25) is 0 Å². The minimum Gasteiger partial charge on any atom is -0.463 e. The van der Waals surface area contributed by atoms with E-state index in [9.17, 15) is 4.79 Å². The third-order valence-corrected chi connectivity index (χ3v) is 1.24. The minimum atomic E-state index is -0.294. The molecule has 0 aliphatic heterocycles. The van der Waals surface area contributed by atoms with Crippen LogP contribution >= 0.6 is 0 Å². The molecular weight excluding hydrogens is 166 g/mol. The van der Waals surface area contributed by atoms with Crippen molar-refractivity contribution in [3.63, 3.8) is 0 Å². The summed E-state index contributed by atoms with van der Waals surface area (Å²) in [6.07, 6.45) is 6.89. The lowest BCUT2D eigenvalue weighted by atomic mass is 10.4. The van der Waals surface area contributed by atoms with E-state index in [1.165, 1.54) is 6.08 Å². The second-order valence-corrected chi connectivity index (χ2v) is 2.80. The number of esters is 1. The zero-order chi connectivity index (χ0) is 10.1. The van der Waals surface area contributed by atoms with Crippen LogP contribution in [0.2, 0.25) is 0 Å². The fraction of sp³-hybridized carbons (Fsp3) is 0.500. The van der Waals surface area contributed by atoms with Gasteiger partial charge < -0.3 is 9.64 Å². The zero-order valence-electron chi connectivity index (χ0n) is 8.49. The molecule has 0 aromatic carbocycles. The Bertz CT molecular complexity index is 195. The van der Waals surface area contributed by atoms with Crippen molar-refractivity contribution in [1.82, 2.24) is 4.90 Å². The molecule has 0 aliphatic rings. The molecule has 0 fully saturated rings. The van der Waals surface area contributed by atoms with Crippen molar-refractivity contribution < 1.29 is 9.53 Å². The fourth-order valence-electron chi connectivity index (χ4n) is 0.675. The van der Waals surface area contributed by atoms with E-state index in [0.29, 0.717) is 6.61 Å². The molecule has 0 amide bonds. The molecule has 0 bridgehead atoms. The van der Waals surface area contributed by atoms with Crippen LogP contribution < -0.4 is 0 Å². The summed E-state index contributed by atoms with van der Waals surface area (Å²) >= 11 is 0. The van der Waals surface area contributed by atoms with Gasteiger partial charge in [-0.05, 0) is 21.0 Å². The minimum absolute atomic E-state index is 0.294. The average molecular weight is 183 g/mol. The third kappa shape index (κ3) is 8.82. The molecule has 0 saturated heterocycles. The summed E-state index contributed by atoms with van der Waals surface area (Å²) in [7, 11) is 3.97. The maximum absolute atomic E-state index is 10.8. The molecule has 0 radical (unpaired) electrons. The highest BCUT2D eigenvalue weighted by molar-refractivity contribution is 5.82. The Morgan fingerprint density at radius 3 is 2.62 bits per heavy atom. The summed E-state index contributed by atoms with van der Waals surface area (Å²) in [4.78, 5) is 12.8. The van der Waals surface area contributed by atoms with Gasteiger partial charge in [-0.1, -0.05) is 18.2 Å². The van der Waals surface area contributed by atoms with Crippen molar-refractivity contribution in [1.29, 1.82) is 0 Å². The van der Waals surface area contributed by atoms with Gasteiger partial charge in [-0.15, -0.1) is 0 Å². The van der Waals surface area contributed by atoms with Crippen LogP contribution in [0, 0.1) is 0 Å². The molecule has 0 unspecified atom stereocenters. The van der Waals surface area contributed by atoms with Gasteiger partial charge in [0.25, 0.3) is 0 Å². The highest BCUT2D eigenvalue weighted by atomic mass is 16.5. The highest BCUT2D eigenvalue weighted by Crippen LogP contribution is 1.83. The van der Waals surface area contributed by atoms with E-state index in [0.717, 1.165) is 6.54 Å². The van der Waals surface area contributed by atoms with Crippen LogP contribution in [0.4, 0.5) is 0 Å². The molecule has 0 saturated carbocycles. The van der Waals surface area contributed by atoms with Crippen LogP contribution in [0.5, 0.6) is 0 Å². The predicted molar refractivity (Wildman–Crippen MR) is 53.5 cm³/mol. The molecule has 74 valence electrons. The first-order chi connectivity index (χ1) is 6.16. The lowest BCUT2D eigenvalue weighted by molar-refractivity contribution is -0.137. The summed E-state index contributed by atoms with van der Waals surface area (Å²) in [6.45, 7) is 3.07. The Labute approximate surface area is 79.7 Å². The standard InChI is InChI=1S/C10H17NO2/c1-4-13-10(12)8-6-5-7-9-11(2)3/h5-8H,4,9H2,1-3H3/b7-5+,8-6+. The van der Waals surface area contributed by atoms with Crippen molar-refractivity contribution >= 4 is 5.97 Å². The van der Waals surface area contributed by atoms with Gasteiger partial charge in [0.05, 0.1) is 6.61 Å². The predicted octanol–water partition coefficient (Wildman–Crippen LogP) is 1.22. The molecule has 0 rings (SSSR count). The molecule has 0 heterocycles. The Balaban J connectivity index is 3.61. The molecule has 0 spiro atoms. The van der Waals surface area contributed by atoms with Gasteiger partial charge in [0, 0.05) is 12.6 Å². The number of ether oxygens (including phenoxy) is 1. The Hall–Kier alpha value is -1.09. The number of hydrogen-bond donors (Lipinski definition) is 0. The van der Waals surface area contributed by atoms with Crippen LogP contribution in [0.1, 0.15) is 6.92 Å². The van der Waals surface area contributed by atoms with E-state index in [2.05, 4.69) is 0 Å². The summed E-state index contributed by atoms with van der Waals surface area (Å²) in [5.41, 5.74) is 0. The van der Waals surface area contributed by atoms with Crippen LogP contribution in [-0.2, 0) is 9.53 Å². The molecule has 13 heavy (non-hydrogen) atoms. The molecule has 0 N–H and O–H groups in total. The Kier molecular flexibility index (Phi) is 6.92. The van der Waals surface area contributed by atoms with E-state index in [-0.39, 0.29) is 5.97 Å². The van der Waals surface area contributed by atoms with Crippen molar-refractivity contribution in [2.45, 2.75) is 6.92 Å². The number of allylic oxidation sites excluding steroid dienone is 2. The first-order valence-corrected chi connectivity index (χ1v) is 4.31. The lowest BCUT2D eigenvalue weighted by Gasteiger charge is -2.02. The second kappa shape index (κ2) is 7.55. The number of carbonyl (C=O) groups excluding carboxylic acids is 1. The van der Waals surface area contributed by atoms with Crippen molar-refractivity contribution in [2.24, 2.45) is 0 Å². The SMILES string of the molecule is CCOC(=O)/C=C/C=C/CN(C)C. The summed E-state index contributed by atoms with van der Waals surface area (Å²) in [6, 6.07) is 0. The summed E-state index contributed by atoms with van der Waals surface area (Å²) in [5.74, 6) is -0.294. The molecule has 0 atom stereocenters. The smallest absolute Gasteiger partial charge is 0.330 e. The van der Waals surface area contributed by atoms with Gasteiger partial charge >= 0.3 is 5.97 Å². The van der Waals surface area contributed by atoms with Crippen molar-refractivity contribution in [3.8, 4) is 0 Å². The fourth-order valence-corrected chi connectivity index (χ4v) is 0.675. The average Bonchev–Trinajstić information content (AvgIpc) is 2.03. The number of likely N-dealkylation sites (N-methyl/N-ethyl adjacent to an activating group) is 1. The van der Waals surface area contributed by atoms with E-state index in [4.69, 9.17) is 4.74 Å². The first-order valence-electron chi connectivity index (χ1n) is 4.31.